The van der Waals surface area contributed by atoms with Gasteiger partial charge in [-0.2, -0.15) is 0 Å². The predicted molar refractivity (Wildman–Crippen MR) is 68.5 cm³/mol. The fourth-order valence-electron chi connectivity index (χ4n) is 1.59. The van der Waals surface area contributed by atoms with E-state index in [2.05, 4.69) is 0 Å². The van der Waals surface area contributed by atoms with Crippen LogP contribution in [0.3, 0.4) is 0 Å². The zero-order valence-corrected chi connectivity index (χ0v) is 10.6. The number of halogens is 3. The molecule has 0 unspecified atom stereocenters. The van der Waals surface area contributed by atoms with Crippen LogP contribution in [0.15, 0.2) is 48.5 Å². The van der Waals surface area contributed by atoms with Gasteiger partial charge in [-0.15, -0.1) is 0 Å². The van der Waals surface area contributed by atoms with Crippen LogP contribution in [-0.4, -0.2) is 10.3 Å². The van der Waals surface area contributed by atoms with Crippen molar-refractivity contribution in [2.75, 3.05) is 0 Å². The lowest BCUT2D eigenvalue weighted by molar-refractivity contribution is 0.0856. The van der Waals surface area contributed by atoms with Crippen molar-refractivity contribution in [3.8, 4) is 0 Å². The number of nitrogens with zero attached hydrogens (tertiary/aromatic N) is 1. The molecule has 0 saturated heterocycles. The Balaban J connectivity index is 2.13. The van der Waals surface area contributed by atoms with E-state index < -0.39 is 17.5 Å². The SMILES string of the molecule is O=C(c1ccccc1)N(Cl)Cc1ccc(F)cc1F. The minimum absolute atomic E-state index is 0.138. The number of benzene rings is 2. The molecule has 0 aliphatic carbocycles. The number of carbonyl (C=O) groups excluding carboxylic acids is 1. The summed E-state index contributed by atoms with van der Waals surface area (Å²) in [4.78, 5) is 11.9. The Bertz CT molecular complexity index is 589. The second-order valence-corrected chi connectivity index (χ2v) is 4.34. The van der Waals surface area contributed by atoms with Crippen molar-refractivity contribution in [2.45, 2.75) is 6.54 Å². The van der Waals surface area contributed by atoms with Crippen molar-refractivity contribution in [3.05, 3.63) is 71.3 Å². The van der Waals surface area contributed by atoms with Crippen LogP contribution < -0.4 is 0 Å². The number of rotatable bonds is 3. The van der Waals surface area contributed by atoms with Crippen LogP contribution in [0.1, 0.15) is 15.9 Å². The van der Waals surface area contributed by atoms with E-state index in [-0.39, 0.29) is 12.1 Å². The van der Waals surface area contributed by atoms with Crippen LogP contribution in [0.5, 0.6) is 0 Å². The standard InChI is InChI=1S/C14H10ClF2NO/c15-18(14(19)10-4-2-1-3-5-10)9-11-6-7-12(16)8-13(11)17/h1-8H,9H2. The highest BCUT2D eigenvalue weighted by molar-refractivity contribution is 6.23. The molecule has 2 rings (SSSR count). The molecule has 0 aromatic heterocycles. The fourth-order valence-corrected chi connectivity index (χ4v) is 1.82. The summed E-state index contributed by atoms with van der Waals surface area (Å²) >= 11 is 5.84. The third kappa shape index (κ3) is 3.29. The molecular weight excluding hydrogens is 272 g/mol. The lowest BCUT2D eigenvalue weighted by Crippen LogP contribution is -2.21. The largest absolute Gasteiger partial charge is 0.268 e. The van der Waals surface area contributed by atoms with Gasteiger partial charge in [0, 0.05) is 29.0 Å². The van der Waals surface area contributed by atoms with E-state index in [9.17, 15) is 13.6 Å². The molecule has 5 heteroatoms. The third-order valence-electron chi connectivity index (χ3n) is 2.57. The zero-order valence-electron chi connectivity index (χ0n) is 9.82. The molecule has 2 nitrogen and oxygen atoms in total. The Morgan fingerprint density at radius 2 is 1.79 bits per heavy atom. The zero-order chi connectivity index (χ0) is 13.8. The van der Waals surface area contributed by atoms with E-state index in [1.165, 1.54) is 6.07 Å². The van der Waals surface area contributed by atoms with E-state index in [0.717, 1.165) is 16.6 Å². The Morgan fingerprint density at radius 3 is 2.42 bits per heavy atom. The summed E-state index contributed by atoms with van der Waals surface area (Å²) in [5, 5.41) is 0. The molecule has 0 bridgehead atoms. The van der Waals surface area contributed by atoms with E-state index in [1.807, 2.05) is 0 Å². The normalized spacial score (nSPS) is 10.3. The van der Waals surface area contributed by atoms with Crippen LogP contribution in [0.4, 0.5) is 8.78 Å². The maximum atomic E-state index is 13.4. The van der Waals surface area contributed by atoms with Crippen LogP contribution in [0, 0.1) is 11.6 Å². The second kappa shape index (κ2) is 5.80. The van der Waals surface area contributed by atoms with Gasteiger partial charge >= 0.3 is 0 Å². The first-order valence-corrected chi connectivity index (χ1v) is 5.88. The number of hydrogen-bond acceptors (Lipinski definition) is 1. The van der Waals surface area contributed by atoms with Gasteiger partial charge in [0.1, 0.15) is 11.6 Å². The smallest absolute Gasteiger partial charge is 0.268 e. The highest BCUT2D eigenvalue weighted by Crippen LogP contribution is 2.15. The summed E-state index contributed by atoms with van der Waals surface area (Å²) in [7, 11) is 0. The average Bonchev–Trinajstić information content (AvgIpc) is 2.42. The molecule has 0 heterocycles. The monoisotopic (exact) mass is 281 g/mol. The summed E-state index contributed by atoms with van der Waals surface area (Å²) in [6, 6.07) is 11.5. The lowest BCUT2D eigenvalue weighted by atomic mass is 10.2. The minimum atomic E-state index is -0.730. The van der Waals surface area contributed by atoms with Gasteiger partial charge in [-0.05, 0) is 18.2 Å². The summed E-state index contributed by atoms with van der Waals surface area (Å²) in [5.74, 6) is -1.84. The molecular formula is C14H10ClF2NO. The Hall–Kier alpha value is -1.94. The highest BCUT2D eigenvalue weighted by atomic mass is 35.5. The second-order valence-electron chi connectivity index (χ2n) is 3.93. The van der Waals surface area contributed by atoms with Crippen molar-refractivity contribution in [1.29, 1.82) is 0 Å². The van der Waals surface area contributed by atoms with Gasteiger partial charge in [-0.25, -0.2) is 13.2 Å². The molecule has 0 aliphatic rings. The van der Waals surface area contributed by atoms with Crippen molar-refractivity contribution < 1.29 is 13.6 Å². The number of amides is 1. The first-order chi connectivity index (χ1) is 9.08. The third-order valence-corrected chi connectivity index (χ3v) is 2.84. The van der Waals surface area contributed by atoms with Crippen LogP contribution >= 0.6 is 11.8 Å². The molecule has 0 radical (unpaired) electrons. The number of carbonyl (C=O) groups is 1. The molecule has 0 spiro atoms. The van der Waals surface area contributed by atoms with Crippen LogP contribution in [-0.2, 0) is 6.54 Å². The molecule has 0 saturated carbocycles. The van der Waals surface area contributed by atoms with Gasteiger partial charge in [-0.3, -0.25) is 4.79 Å². The molecule has 0 aliphatic heterocycles. The first kappa shape index (κ1) is 13.5. The summed E-state index contributed by atoms with van der Waals surface area (Å²) in [6.45, 7) is -0.138. The molecule has 19 heavy (non-hydrogen) atoms. The molecule has 0 atom stereocenters. The summed E-state index contributed by atoms with van der Waals surface area (Å²) < 4.78 is 27.1. The van der Waals surface area contributed by atoms with Crippen molar-refractivity contribution in [2.24, 2.45) is 0 Å². The average molecular weight is 282 g/mol. The Morgan fingerprint density at radius 1 is 1.11 bits per heavy atom. The molecule has 1 amide bonds. The lowest BCUT2D eigenvalue weighted by Gasteiger charge is -2.14. The summed E-state index contributed by atoms with van der Waals surface area (Å²) in [5.41, 5.74) is 0.556. The van der Waals surface area contributed by atoms with Crippen LogP contribution in [0.25, 0.3) is 0 Å². The topological polar surface area (TPSA) is 20.3 Å². The molecule has 0 N–H and O–H groups in total. The van der Waals surface area contributed by atoms with Crippen molar-refractivity contribution >= 4 is 17.7 Å². The quantitative estimate of drug-likeness (QED) is 0.785. The Kier molecular flexibility index (Phi) is 4.12. The first-order valence-electron chi connectivity index (χ1n) is 5.54. The van der Waals surface area contributed by atoms with E-state index in [1.54, 1.807) is 30.3 Å². The van der Waals surface area contributed by atoms with Crippen molar-refractivity contribution in [3.63, 3.8) is 0 Å². The fraction of sp³-hybridized carbons (Fsp3) is 0.0714. The van der Waals surface area contributed by atoms with Gasteiger partial charge in [0.25, 0.3) is 5.91 Å². The molecule has 2 aromatic rings. The van der Waals surface area contributed by atoms with Gasteiger partial charge in [0.2, 0.25) is 0 Å². The van der Waals surface area contributed by atoms with Crippen LogP contribution in [0.2, 0.25) is 0 Å². The summed E-state index contributed by atoms with van der Waals surface area (Å²) in [6.07, 6.45) is 0. The molecule has 2 aromatic carbocycles. The maximum Gasteiger partial charge on any atom is 0.268 e. The van der Waals surface area contributed by atoms with Gasteiger partial charge < -0.3 is 0 Å². The minimum Gasteiger partial charge on any atom is -0.268 e. The Labute approximate surface area is 114 Å². The predicted octanol–water partition coefficient (Wildman–Crippen LogP) is 3.76. The van der Waals surface area contributed by atoms with E-state index in [0.29, 0.717) is 5.56 Å². The van der Waals surface area contributed by atoms with E-state index >= 15 is 0 Å². The van der Waals surface area contributed by atoms with Gasteiger partial charge in [0.05, 0.1) is 6.54 Å². The number of hydrogen-bond donors (Lipinski definition) is 0. The van der Waals surface area contributed by atoms with Gasteiger partial charge in [0.15, 0.2) is 0 Å². The van der Waals surface area contributed by atoms with E-state index in [4.69, 9.17) is 11.8 Å². The van der Waals surface area contributed by atoms with Gasteiger partial charge in [-0.1, -0.05) is 24.3 Å². The maximum absolute atomic E-state index is 13.4. The molecule has 0 fully saturated rings. The highest BCUT2D eigenvalue weighted by Gasteiger charge is 2.15. The van der Waals surface area contributed by atoms with Crippen molar-refractivity contribution in [1.82, 2.24) is 4.42 Å². The molecule has 98 valence electrons.